The van der Waals surface area contributed by atoms with Crippen LogP contribution in [0.3, 0.4) is 0 Å². The molecule has 5 rings (SSSR count). The zero-order valence-electron chi connectivity index (χ0n) is 24.0. The summed E-state index contributed by atoms with van der Waals surface area (Å²) in [6.07, 6.45) is 7.48. The molecule has 0 saturated carbocycles. The molecule has 43 heavy (non-hydrogen) atoms. The zero-order valence-corrected chi connectivity index (χ0v) is 25.5. The number of esters is 1. The number of carbonyl (C=O) groups excluding carboxylic acids is 2. The standard InChI is InChI=1S/C34H34Cl2N4O3/c1-43-30(41)12-8-3-2-4-9-19-37-34(42)32-31(28-18-17-26(36)21-29(28)39-32)33-24(20-23-13-15-25(35)16-14-23)22-38-40(33)27-10-6-5-7-11-27/h5-7,10-11,13-18,21-22,39H,2-4,8-9,12,19-20H2,1H3,(H,37,42). The van der Waals surface area contributed by atoms with Crippen molar-refractivity contribution in [1.82, 2.24) is 20.1 Å². The molecule has 2 N–H and O–H groups in total. The van der Waals surface area contributed by atoms with Crippen LogP contribution in [-0.4, -0.2) is 40.3 Å². The lowest BCUT2D eigenvalue weighted by Crippen LogP contribution is -2.25. The van der Waals surface area contributed by atoms with Crippen molar-refractivity contribution in [3.63, 3.8) is 0 Å². The number of benzene rings is 3. The van der Waals surface area contributed by atoms with E-state index < -0.39 is 0 Å². The van der Waals surface area contributed by atoms with Gasteiger partial charge < -0.3 is 15.0 Å². The first-order valence-corrected chi connectivity index (χ1v) is 15.2. The summed E-state index contributed by atoms with van der Waals surface area (Å²) in [7, 11) is 1.41. The number of halogens is 2. The Balaban J connectivity index is 1.45. The first-order valence-electron chi connectivity index (χ1n) is 14.5. The molecule has 0 spiro atoms. The normalized spacial score (nSPS) is 11.1. The summed E-state index contributed by atoms with van der Waals surface area (Å²) in [6.45, 7) is 0.543. The van der Waals surface area contributed by atoms with E-state index >= 15 is 0 Å². The number of H-pyrrole nitrogens is 1. The smallest absolute Gasteiger partial charge is 0.305 e. The maximum Gasteiger partial charge on any atom is 0.305 e. The number of aromatic nitrogens is 3. The Morgan fingerprint density at radius 1 is 0.907 bits per heavy atom. The zero-order chi connectivity index (χ0) is 30.2. The van der Waals surface area contributed by atoms with Gasteiger partial charge in [-0.2, -0.15) is 5.10 Å². The average Bonchev–Trinajstić information content (AvgIpc) is 3.60. The summed E-state index contributed by atoms with van der Waals surface area (Å²) >= 11 is 12.5. The van der Waals surface area contributed by atoms with Crippen molar-refractivity contribution in [3.05, 3.63) is 106 Å². The van der Waals surface area contributed by atoms with E-state index in [4.69, 9.17) is 33.0 Å². The summed E-state index contributed by atoms with van der Waals surface area (Å²) in [5.41, 5.74) is 5.80. The second-order valence-corrected chi connectivity index (χ2v) is 11.4. The van der Waals surface area contributed by atoms with E-state index in [1.807, 2.05) is 83.7 Å². The van der Waals surface area contributed by atoms with E-state index in [1.54, 1.807) is 0 Å². The highest BCUT2D eigenvalue weighted by molar-refractivity contribution is 6.31. The van der Waals surface area contributed by atoms with Crippen LogP contribution in [0, 0.1) is 0 Å². The summed E-state index contributed by atoms with van der Waals surface area (Å²) in [5, 5.41) is 10.1. The lowest BCUT2D eigenvalue weighted by Gasteiger charge is -2.13. The highest BCUT2D eigenvalue weighted by Gasteiger charge is 2.25. The van der Waals surface area contributed by atoms with Crippen molar-refractivity contribution in [3.8, 4) is 16.9 Å². The molecule has 7 nitrogen and oxygen atoms in total. The Bertz CT molecular complexity index is 1690. The van der Waals surface area contributed by atoms with Gasteiger partial charge in [-0.3, -0.25) is 9.59 Å². The molecule has 5 aromatic rings. The number of hydrogen-bond donors (Lipinski definition) is 2. The number of fused-ring (bicyclic) bond motifs is 1. The monoisotopic (exact) mass is 616 g/mol. The molecule has 0 aliphatic heterocycles. The maximum atomic E-state index is 13.7. The number of ether oxygens (including phenoxy) is 1. The summed E-state index contributed by atoms with van der Waals surface area (Å²) in [4.78, 5) is 28.4. The molecule has 0 radical (unpaired) electrons. The number of hydrogen-bond acceptors (Lipinski definition) is 4. The van der Waals surface area contributed by atoms with Gasteiger partial charge in [0.25, 0.3) is 5.91 Å². The maximum absolute atomic E-state index is 13.7. The number of unbranched alkanes of at least 4 members (excludes halogenated alkanes) is 4. The molecule has 2 aromatic heterocycles. The number of rotatable bonds is 13. The molecule has 0 atom stereocenters. The summed E-state index contributed by atoms with van der Waals surface area (Å²) in [6, 6.07) is 23.3. The van der Waals surface area contributed by atoms with Crippen LogP contribution in [0.5, 0.6) is 0 Å². The van der Waals surface area contributed by atoms with Gasteiger partial charge in [0.2, 0.25) is 0 Å². The molecule has 2 heterocycles. The molecule has 0 bridgehead atoms. The van der Waals surface area contributed by atoms with Crippen LogP contribution in [0.25, 0.3) is 27.8 Å². The molecule has 0 aliphatic carbocycles. The Hall–Kier alpha value is -4.07. The number of methoxy groups -OCH3 is 1. The fourth-order valence-electron chi connectivity index (χ4n) is 5.27. The minimum absolute atomic E-state index is 0.173. The highest BCUT2D eigenvalue weighted by Crippen LogP contribution is 2.38. The van der Waals surface area contributed by atoms with Crippen molar-refractivity contribution in [2.45, 2.75) is 44.9 Å². The third-order valence-electron chi connectivity index (χ3n) is 7.45. The topological polar surface area (TPSA) is 89.0 Å². The van der Waals surface area contributed by atoms with Crippen LogP contribution in [0.15, 0.2) is 79.0 Å². The molecular formula is C34H34Cl2N4O3. The summed E-state index contributed by atoms with van der Waals surface area (Å²) in [5.74, 6) is -0.362. The second kappa shape index (κ2) is 14.4. The van der Waals surface area contributed by atoms with Gasteiger partial charge in [0.1, 0.15) is 5.69 Å². The van der Waals surface area contributed by atoms with Crippen LogP contribution in [-0.2, 0) is 16.0 Å². The van der Waals surface area contributed by atoms with E-state index in [2.05, 4.69) is 10.3 Å². The molecule has 222 valence electrons. The SMILES string of the molecule is COC(=O)CCCCCCCNC(=O)c1[nH]c2cc(Cl)ccc2c1-c1c(Cc2ccc(Cl)cc2)cnn1-c1ccccc1. The van der Waals surface area contributed by atoms with Crippen LogP contribution in [0.2, 0.25) is 10.0 Å². The first kappa shape index (κ1) is 30.4. The Morgan fingerprint density at radius 2 is 1.63 bits per heavy atom. The van der Waals surface area contributed by atoms with Crippen LogP contribution >= 0.6 is 23.2 Å². The third-order valence-corrected chi connectivity index (χ3v) is 7.94. The first-order chi connectivity index (χ1) is 20.9. The van der Waals surface area contributed by atoms with Crippen LogP contribution in [0.1, 0.15) is 60.1 Å². The Labute approximate surface area is 261 Å². The molecule has 9 heteroatoms. The van der Waals surface area contributed by atoms with Crippen molar-refractivity contribution in [2.75, 3.05) is 13.7 Å². The predicted octanol–water partition coefficient (Wildman–Crippen LogP) is 8.16. The Kier molecular flexibility index (Phi) is 10.2. The third kappa shape index (κ3) is 7.48. The second-order valence-electron chi connectivity index (χ2n) is 10.5. The molecule has 1 amide bonds. The summed E-state index contributed by atoms with van der Waals surface area (Å²) < 4.78 is 6.59. The largest absolute Gasteiger partial charge is 0.469 e. The van der Waals surface area contributed by atoms with Gasteiger partial charge in [-0.05, 0) is 54.8 Å². The average molecular weight is 618 g/mol. The van der Waals surface area contributed by atoms with E-state index in [1.165, 1.54) is 7.11 Å². The van der Waals surface area contributed by atoms with Crippen LogP contribution < -0.4 is 5.32 Å². The van der Waals surface area contributed by atoms with Crippen molar-refractivity contribution < 1.29 is 14.3 Å². The minimum atomic E-state index is -0.189. The molecule has 0 fully saturated rings. The molecular weight excluding hydrogens is 583 g/mol. The van der Waals surface area contributed by atoms with E-state index in [9.17, 15) is 9.59 Å². The Morgan fingerprint density at radius 3 is 2.40 bits per heavy atom. The van der Waals surface area contributed by atoms with Gasteiger partial charge in [0.05, 0.1) is 24.7 Å². The number of nitrogens with zero attached hydrogens (tertiary/aromatic N) is 2. The lowest BCUT2D eigenvalue weighted by atomic mass is 9.98. The van der Waals surface area contributed by atoms with Gasteiger partial charge in [-0.25, -0.2) is 4.68 Å². The predicted molar refractivity (Wildman–Crippen MR) is 172 cm³/mol. The van der Waals surface area contributed by atoms with Crippen molar-refractivity contribution in [1.29, 1.82) is 0 Å². The molecule has 0 aliphatic rings. The van der Waals surface area contributed by atoms with Gasteiger partial charge in [0, 0.05) is 51.5 Å². The van der Waals surface area contributed by atoms with Gasteiger partial charge in [-0.15, -0.1) is 0 Å². The van der Waals surface area contributed by atoms with Gasteiger partial charge >= 0.3 is 5.97 Å². The number of aromatic amines is 1. The minimum Gasteiger partial charge on any atom is -0.469 e. The van der Waals surface area contributed by atoms with E-state index in [-0.39, 0.29) is 11.9 Å². The number of amides is 1. The number of nitrogens with one attached hydrogen (secondary N) is 2. The van der Waals surface area contributed by atoms with Gasteiger partial charge in [0.15, 0.2) is 0 Å². The fraction of sp³-hybridized carbons (Fsp3) is 0.265. The van der Waals surface area contributed by atoms with E-state index in [0.717, 1.165) is 71.1 Å². The van der Waals surface area contributed by atoms with Gasteiger partial charge in [-0.1, -0.05) is 78.9 Å². The molecule has 0 saturated heterocycles. The van der Waals surface area contributed by atoms with Crippen molar-refractivity contribution >= 4 is 46.0 Å². The quantitative estimate of drug-likeness (QED) is 0.103. The van der Waals surface area contributed by atoms with Crippen LogP contribution in [0.4, 0.5) is 0 Å². The highest BCUT2D eigenvalue weighted by atomic mass is 35.5. The number of para-hydroxylation sites is 1. The van der Waals surface area contributed by atoms with E-state index in [0.29, 0.717) is 35.1 Å². The lowest BCUT2D eigenvalue weighted by molar-refractivity contribution is -0.140. The fourth-order valence-corrected chi connectivity index (χ4v) is 5.57. The molecule has 3 aromatic carbocycles. The number of carbonyl (C=O) groups is 2. The van der Waals surface area contributed by atoms with Crippen molar-refractivity contribution in [2.24, 2.45) is 0 Å². The molecule has 0 unspecified atom stereocenters.